The Balaban J connectivity index is 1.39. The molecule has 0 radical (unpaired) electrons. The van der Waals surface area contributed by atoms with E-state index in [1.54, 1.807) is 12.1 Å². The van der Waals surface area contributed by atoms with Crippen LogP contribution in [0.1, 0.15) is 56.4 Å². The SMILES string of the molecule is O=C(O)CO[C@H]1C[C@@H](c2ccc(-c3cc(OC4CCCCC4)ccc3F)cc2)C1. The normalized spacial score (nSPS) is 22.1. The number of halogens is 1. The predicted octanol–water partition coefficient (Wildman–Crippen LogP) is 5.55. The number of hydrogen-bond donors (Lipinski definition) is 1. The first-order valence-electron chi connectivity index (χ1n) is 10.5. The highest BCUT2D eigenvalue weighted by Crippen LogP contribution is 2.39. The van der Waals surface area contributed by atoms with Crippen LogP contribution in [-0.2, 0) is 9.53 Å². The Morgan fingerprint density at radius 2 is 1.72 bits per heavy atom. The highest BCUT2D eigenvalue weighted by Gasteiger charge is 2.31. The largest absolute Gasteiger partial charge is 0.490 e. The van der Waals surface area contributed by atoms with Crippen molar-refractivity contribution in [2.24, 2.45) is 0 Å². The minimum atomic E-state index is -0.936. The zero-order chi connectivity index (χ0) is 20.2. The first-order valence-corrected chi connectivity index (χ1v) is 10.5. The van der Waals surface area contributed by atoms with Gasteiger partial charge in [-0.05, 0) is 73.8 Å². The second-order valence-corrected chi connectivity index (χ2v) is 8.14. The van der Waals surface area contributed by atoms with Crippen LogP contribution in [-0.4, -0.2) is 29.9 Å². The minimum Gasteiger partial charge on any atom is -0.490 e. The van der Waals surface area contributed by atoms with E-state index in [1.807, 2.05) is 24.3 Å². The zero-order valence-corrected chi connectivity index (χ0v) is 16.5. The van der Waals surface area contributed by atoms with E-state index in [0.717, 1.165) is 37.0 Å². The molecule has 2 aliphatic rings. The third-order valence-electron chi connectivity index (χ3n) is 6.02. The summed E-state index contributed by atoms with van der Waals surface area (Å²) in [5.41, 5.74) is 2.57. The quantitative estimate of drug-likeness (QED) is 0.664. The van der Waals surface area contributed by atoms with Gasteiger partial charge in [-0.3, -0.25) is 0 Å². The molecule has 5 heteroatoms. The number of rotatable bonds is 7. The molecule has 2 aromatic carbocycles. The van der Waals surface area contributed by atoms with E-state index < -0.39 is 5.97 Å². The molecule has 0 heterocycles. The Morgan fingerprint density at radius 1 is 1.00 bits per heavy atom. The predicted molar refractivity (Wildman–Crippen MR) is 109 cm³/mol. The van der Waals surface area contributed by atoms with Crippen LogP contribution in [0.15, 0.2) is 42.5 Å². The van der Waals surface area contributed by atoms with Crippen LogP contribution >= 0.6 is 0 Å². The summed E-state index contributed by atoms with van der Waals surface area (Å²) < 4.78 is 25.9. The Kier molecular flexibility index (Phi) is 6.14. The molecule has 0 bridgehead atoms. The summed E-state index contributed by atoms with van der Waals surface area (Å²) in [7, 11) is 0. The van der Waals surface area contributed by atoms with Crippen LogP contribution in [0.3, 0.4) is 0 Å². The lowest BCUT2D eigenvalue weighted by atomic mass is 9.77. The first kappa shape index (κ1) is 19.9. The molecule has 2 aromatic rings. The van der Waals surface area contributed by atoms with Gasteiger partial charge in [-0.15, -0.1) is 0 Å². The second-order valence-electron chi connectivity index (χ2n) is 8.14. The third-order valence-corrected chi connectivity index (χ3v) is 6.02. The van der Waals surface area contributed by atoms with Crippen LogP contribution in [0.2, 0.25) is 0 Å². The fourth-order valence-corrected chi connectivity index (χ4v) is 4.27. The van der Waals surface area contributed by atoms with Crippen LogP contribution in [0.25, 0.3) is 11.1 Å². The van der Waals surface area contributed by atoms with Gasteiger partial charge in [0, 0.05) is 5.56 Å². The van der Waals surface area contributed by atoms with Crippen LogP contribution in [0.4, 0.5) is 4.39 Å². The average Bonchev–Trinajstić information content (AvgIpc) is 2.69. The van der Waals surface area contributed by atoms with Crippen LogP contribution < -0.4 is 4.74 Å². The van der Waals surface area contributed by atoms with Crippen molar-refractivity contribution in [3.63, 3.8) is 0 Å². The fraction of sp³-hybridized carbons (Fsp3) is 0.458. The molecular weight excluding hydrogens is 371 g/mol. The van der Waals surface area contributed by atoms with E-state index in [1.165, 1.54) is 30.9 Å². The van der Waals surface area contributed by atoms with Gasteiger partial charge in [0.2, 0.25) is 0 Å². The number of carbonyl (C=O) groups is 1. The van der Waals surface area contributed by atoms with Crippen molar-refractivity contribution in [3.05, 3.63) is 53.8 Å². The lowest BCUT2D eigenvalue weighted by molar-refractivity contribution is -0.146. The molecule has 4 rings (SSSR count). The highest BCUT2D eigenvalue weighted by molar-refractivity contribution is 5.68. The molecule has 4 nitrogen and oxygen atoms in total. The summed E-state index contributed by atoms with van der Waals surface area (Å²) in [6, 6.07) is 13.0. The van der Waals surface area contributed by atoms with E-state index in [9.17, 15) is 9.18 Å². The van der Waals surface area contributed by atoms with E-state index in [-0.39, 0.29) is 24.6 Å². The Labute approximate surface area is 170 Å². The average molecular weight is 398 g/mol. The molecule has 2 aliphatic carbocycles. The van der Waals surface area contributed by atoms with Crippen molar-refractivity contribution in [2.45, 2.75) is 63.1 Å². The number of aliphatic carboxylic acids is 1. The molecule has 1 N–H and O–H groups in total. The minimum absolute atomic E-state index is 0.0156. The highest BCUT2D eigenvalue weighted by atomic mass is 19.1. The molecule has 2 saturated carbocycles. The van der Waals surface area contributed by atoms with E-state index in [2.05, 4.69) is 0 Å². The molecule has 2 fully saturated rings. The summed E-state index contributed by atoms with van der Waals surface area (Å²) >= 11 is 0. The van der Waals surface area contributed by atoms with Crippen molar-refractivity contribution < 1.29 is 23.8 Å². The number of carboxylic acids is 1. The molecular formula is C24H27FO4. The van der Waals surface area contributed by atoms with Crippen LogP contribution in [0.5, 0.6) is 5.75 Å². The maximum absolute atomic E-state index is 14.5. The van der Waals surface area contributed by atoms with Crippen LogP contribution in [0, 0.1) is 5.82 Å². The van der Waals surface area contributed by atoms with Gasteiger partial charge in [-0.25, -0.2) is 9.18 Å². The molecule has 0 atom stereocenters. The number of hydrogen-bond acceptors (Lipinski definition) is 3. The summed E-state index contributed by atoms with van der Waals surface area (Å²) in [6.45, 7) is -0.241. The van der Waals surface area contributed by atoms with Gasteiger partial charge in [0.25, 0.3) is 0 Å². The van der Waals surface area contributed by atoms with Crippen molar-refractivity contribution in [3.8, 4) is 16.9 Å². The van der Waals surface area contributed by atoms with Crippen molar-refractivity contribution >= 4 is 5.97 Å². The Morgan fingerprint density at radius 3 is 2.41 bits per heavy atom. The monoisotopic (exact) mass is 398 g/mol. The van der Waals surface area contributed by atoms with Crippen molar-refractivity contribution in [1.29, 1.82) is 0 Å². The summed E-state index contributed by atoms with van der Waals surface area (Å²) in [5, 5.41) is 8.67. The maximum atomic E-state index is 14.5. The van der Waals surface area contributed by atoms with E-state index in [4.69, 9.17) is 14.6 Å². The second kappa shape index (κ2) is 8.95. The Hall–Kier alpha value is -2.40. The topological polar surface area (TPSA) is 55.8 Å². The molecule has 0 aromatic heterocycles. The molecule has 0 unspecified atom stereocenters. The zero-order valence-electron chi connectivity index (χ0n) is 16.5. The van der Waals surface area contributed by atoms with Gasteiger partial charge in [0.05, 0.1) is 12.2 Å². The van der Waals surface area contributed by atoms with Gasteiger partial charge in [-0.1, -0.05) is 30.7 Å². The lowest BCUT2D eigenvalue weighted by Gasteiger charge is -2.35. The smallest absolute Gasteiger partial charge is 0.329 e. The van der Waals surface area contributed by atoms with Crippen molar-refractivity contribution in [2.75, 3.05) is 6.61 Å². The molecule has 0 amide bonds. The molecule has 29 heavy (non-hydrogen) atoms. The van der Waals surface area contributed by atoms with E-state index >= 15 is 0 Å². The first-order chi connectivity index (χ1) is 14.1. The van der Waals surface area contributed by atoms with Gasteiger partial charge in [0.1, 0.15) is 18.2 Å². The number of carboxylic acid groups (broad SMARTS) is 1. The molecule has 154 valence electrons. The lowest BCUT2D eigenvalue weighted by Crippen LogP contribution is -2.31. The summed E-state index contributed by atoms with van der Waals surface area (Å²) in [6.07, 6.45) is 7.71. The fourth-order valence-electron chi connectivity index (χ4n) is 4.27. The van der Waals surface area contributed by atoms with Gasteiger partial charge in [-0.2, -0.15) is 0 Å². The number of ether oxygens (including phenoxy) is 2. The Bertz CT molecular complexity index is 836. The summed E-state index contributed by atoms with van der Waals surface area (Å²) in [5.74, 6) is -0.0856. The standard InChI is InChI=1S/C24H27FO4/c25-23-11-10-20(29-19-4-2-1-3-5-19)14-22(23)17-8-6-16(7-9-17)18-12-21(13-18)28-15-24(26)27/h6-11,14,18-19,21H,1-5,12-13,15H2,(H,26,27)/t18-,21+. The van der Waals surface area contributed by atoms with Gasteiger partial charge >= 0.3 is 5.97 Å². The third kappa shape index (κ3) is 4.96. The number of benzene rings is 2. The molecule has 0 spiro atoms. The van der Waals surface area contributed by atoms with Gasteiger partial charge < -0.3 is 14.6 Å². The summed E-state index contributed by atoms with van der Waals surface area (Å²) in [4.78, 5) is 10.6. The molecule has 0 aliphatic heterocycles. The maximum Gasteiger partial charge on any atom is 0.329 e. The van der Waals surface area contributed by atoms with Crippen molar-refractivity contribution in [1.82, 2.24) is 0 Å². The van der Waals surface area contributed by atoms with E-state index in [0.29, 0.717) is 11.5 Å². The molecule has 0 saturated heterocycles. The van der Waals surface area contributed by atoms with Gasteiger partial charge in [0.15, 0.2) is 0 Å².